The van der Waals surface area contributed by atoms with Gasteiger partial charge in [0.2, 0.25) is 29.5 Å². The summed E-state index contributed by atoms with van der Waals surface area (Å²) in [5.41, 5.74) is 0. The quantitative estimate of drug-likeness (QED) is 0.0742. The lowest BCUT2D eigenvalue weighted by molar-refractivity contribution is -0.146. The van der Waals surface area contributed by atoms with Crippen LogP contribution in [0.15, 0.2) is 36.5 Å². The van der Waals surface area contributed by atoms with E-state index in [1.807, 2.05) is 0 Å². The summed E-state index contributed by atoms with van der Waals surface area (Å²) in [4.78, 5) is 141. The molecule has 4 rings (SSSR count). The highest BCUT2D eigenvalue weighted by Gasteiger charge is 2.38. The highest BCUT2D eigenvalue weighted by molar-refractivity contribution is 6.15. The zero-order valence-electron chi connectivity index (χ0n) is 30.3. The second kappa shape index (κ2) is 20.0. The van der Waals surface area contributed by atoms with Gasteiger partial charge in [0, 0.05) is 108 Å². The molecule has 0 saturated carbocycles. The number of hydrogen-bond donors (Lipinski definition) is 3. The predicted molar refractivity (Wildman–Crippen MR) is 188 cm³/mol. The van der Waals surface area contributed by atoms with E-state index in [1.54, 1.807) is 4.90 Å². The number of carbonyl (C=O) groups excluding carboxylic acids is 11. The summed E-state index contributed by atoms with van der Waals surface area (Å²) in [7, 11) is 0. The summed E-state index contributed by atoms with van der Waals surface area (Å²) in [5, 5.41) is 14.7. The molecule has 0 aliphatic carbocycles. The van der Waals surface area contributed by atoms with E-state index in [9.17, 15) is 57.8 Å². The van der Waals surface area contributed by atoms with Gasteiger partial charge in [0.1, 0.15) is 0 Å². The molecule has 4 aliphatic heterocycles. The van der Waals surface area contributed by atoms with Crippen LogP contribution in [0, 0.1) is 0 Å². The fourth-order valence-electron chi connectivity index (χ4n) is 6.52. The highest BCUT2D eigenvalue weighted by atomic mass is 16.3. The summed E-state index contributed by atoms with van der Waals surface area (Å²) in [6, 6.07) is -1.80. The summed E-state index contributed by atoms with van der Waals surface area (Å²) in [6.45, 7) is 0.211. The summed E-state index contributed by atoms with van der Waals surface area (Å²) in [6.07, 6.45) is 7.40. The number of nitrogens with one attached hydrogen (secondary N) is 2. The predicted octanol–water partition coefficient (Wildman–Crippen LogP) is -2.18. The largest absolute Gasteiger partial charge is 0.396 e. The number of likely N-dealkylation sites (tertiary alicyclic amines) is 1. The van der Waals surface area contributed by atoms with Gasteiger partial charge in [-0.2, -0.15) is 0 Å². The molecule has 4 aliphatic rings. The number of nitrogens with zero attached hydrogens (tertiary/aromatic N) is 5. The lowest BCUT2D eigenvalue weighted by atomic mass is 10.1. The molecule has 19 nitrogen and oxygen atoms in total. The molecule has 0 radical (unpaired) electrons. The lowest BCUT2D eigenvalue weighted by Crippen LogP contribution is -2.49. The minimum Gasteiger partial charge on any atom is -0.396 e. The third kappa shape index (κ3) is 11.6. The molecule has 0 aromatic carbocycles. The van der Waals surface area contributed by atoms with E-state index in [1.165, 1.54) is 0 Å². The van der Waals surface area contributed by atoms with E-state index in [2.05, 4.69) is 10.6 Å². The maximum atomic E-state index is 12.8. The van der Waals surface area contributed by atoms with Crippen LogP contribution in [-0.4, -0.2) is 153 Å². The Morgan fingerprint density at radius 1 is 0.582 bits per heavy atom. The molecule has 0 aromatic rings. The average molecular weight is 768 g/mol. The zero-order chi connectivity index (χ0) is 40.1. The van der Waals surface area contributed by atoms with Crippen LogP contribution in [0.3, 0.4) is 0 Å². The number of rotatable bonds is 23. The molecule has 0 spiro atoms. The number of aliphatic hydroxyl groups is 1. The SMILES string of the molecule is O=C(CCC(CN1C(=O)C=CC1=O)N1C(=O)C=CC1=O)NCCCN(CCCNC(=O)CCC(CN1C(=O)CCC1=O)N1C(=O)C=CC1=O)C(=O)CCCO. The number of amides is 11. The van der Waals surface area contributed by atoms with Crippen molar-refractivity contribution in [1.82, 2.24) is 35.1 Å². The van der Waals surface area contributed by atoms with Crippen LogP contribution in [0.1, 0.15) is 64.2 Å². The molecule has 11 amide bonds. The van der Waals surface area contributed by atoms with Crippen molar-refractivity contribution in [2.75, 3.05) is 45.9 Å². The van der Waals surface area contributed by atoms with Gasteiger partial charge in [-0.05, 0) is 32.1 Å². The summed E-state index contributed by atoms with van der Waals surface area (Å²) in [5.74, 6) is -5.45. The molecule has 55 heavy (non-hydrogen) atoms. The molecular weight excluding hydrogens is 722 g/mol. The molecule has 1 saturated heterocycles. The second-order valence-electron chi connectivity index (χ2n) is 13.3. The van der Waals surface area contributed by atoms with Crippen molar-refractivity contribution < 1.29 is 57.8 Å². The third-order valence-corrected chi connectivity index (χ3v) is 9.42. The average Bonchev–Trinajstić information content (AvgIpc) is 3.88. The minimum absolute atomic E-state index is 0.0102. The van der Waals surface area contributed by atoms with Gasteiger partial charge in [0.25, 0.3) is 35.4 Å². The summed E-state index contributed by atoms with van der Waals surface area (Å²) >= 11 is 0. The van der Waals surface area contributed by atoms with Crippen LogP contribution in [0.5, 0.6) is 0 Å². The highest BCUT2D eigenvalue weighted by Crippen LogP contribution is 2.20. The van der Waals surface area contributed by atoms with Gasteiger partial charge in [-0.1, -0.05) is 0 Å². The first-order chi connectivity index (χ1) is 26.3. The first kappa shape index (κ1) is 41.9. The first-order valence-corrected chi connectivity index (χ1v) is 18.2. The molecule has 3 N–H and O–H groups in total. The third-order valence-electron chi connectivity index (χ3n) is 9.42. The smallest absolute Gasteiger partial charge is 0.253 e. The standard InChI is InChI=1S/C36H45N7O12/c44-21-1-4-28(47)39(19-2-17-37-26(45)7-5-24(42-33(52)13-14-34(42)53)22-40-29(48)9-10-30(40)49)20-3-18-38-27(46)8-6-25(43-35(54)15-16-36(43)55)23-41-31(50)11-12-32(41)51/h9-10,13-16,24-25,44H,1-8,11-12,17-23H2,(H,37,45)(H,38,46). The van der Waals surface area contributed by atoms with Gasteiger partial charge in [0.15, 0.2) is 0 Å². The number of hydrogen-bond acceptors (Lipinski definition) is 12. The normalized spacial score (nSPS) is 17.8. The van der Waals surface area contributed by atoms with Gasteiger partial charge in [-0.15, -0.1) is 0 Å². The minimum atomic E-state index is -0.919. The Hall–Kier alpha value is -5.85. The van der Waals surface area contributed by atoms with Crippen LogP contribution >= 0.6 is 0 Å². The Morgan fingerprint density at radius 3 is 1.40 bits per heavy atom. The van der Waals surface area contributed by atoms with Crippen molar-refractivity contribution in [2.24, 2.45) is 0 Å². The Balaban J connectivity index is 1.20. The fourth-order valence-corrected chi connectivity index (χ4v) is 6.52. The Kier molecular flexibility index (Phi) is 15.2. The molecule has 2 atom stereocenters. The van der Waals surface area contributed by atoms with Gasteiger partial charge >= 0.3 is 0 Å². The van der Waals surface area contributed by atoms with Crippen LogP contribution in [0.4, 0.5) is 0 Å². The van der Waals surface area contributed by atoms with E-state index in [0.29, 0.717) is 12.8 Å². The molecule has 296 valence electrons. The monoisotopic (exact) mass is 767 g/mol. The van der Waals surface area contributed by atoms with Crippen LogP contribution < -0.4 is 10.6 Å². The fraction of sp³-hybridized carbons (Fsp3) is 0.528. The maximum absolute atomic E-state index is 12.8. The van der Waals surface area contributed by atoms with Gasteiger partial charge in [-0.25, -0.2) is 0 Å². The van der Waals surface area contributed by atoms with E-state index in [-0.39, 0.29) is 103 Å². The number of aliphatic hydroxyl groups excluding tert-OH is 1. The van der Waals surface area contributed by atoms with E-state index < -0.39 is 71.2 Å². The van der Waals surface area contributed by atoms with Crippen LogP contribution in [0.25, 0.3) is 0 Å². The zero-order valence-corrected chi connectivity index (χ0v) is 30.3. The molecule has 0 aromatic heterocycles. The van der Waals surface area contributed by atoms with Crippen molar-refractivity contribution in [3.63, 3.8) is 0 Å². The van der Waals surface area contributed by atoms with Gasteiger partial charge < -0.3 is 20.6 Å². The van der Waals surface area contributed by atoms with Crippen molar-refractivity contribution >= 4 is 65.0 Å². The van der Waals surface area contributed by atoms with Crippen molar-refractivity contribution in [1.29, 1.82) is 0 Å². The Labute approximate surface area is 316 Å². The van der Waals surface area contributed by atoms with Crippen LogP contribution in [-0.2, 0) is 52.7 Å². The van der Waals surface area contributed by atoms with Crippen molar-refractivity contribution in [3.8, 4) is 0 Å². The number of imide groups is 4. The van der Waals surface area contributed by atoms with Crippen molar-refractivity contribution in [2.45, 2.75) is 76.3 Å². The summed E-state index contributed by atoms with van der Waals surface area (Å²) < 4.78 is 0. The molecule has 4 heterocycles. The Bertz CT molecular complexity index is 1540. The lowest BCUT2D eigenvalue weighted by Gasteiger charge is -2.29. The molecule has 2 unspecified atom stereocenters. The second-order valence-corrected chi connectivity index (χ2v) is 13.3. The van der Waals surface area contributed by atoms with E-state index in [0.717, 1.165) is 56.1 Å². The Morgan fingerprint density at radius 2 is 0.982 bits per heavy atom. The van der Waals surface area contributed by atoms with E-state index in [4.69, 9.17) is 0 Å². The molecule has 1 fully saturated rings. The molecule has 0 bridgehead atoms. The van der Waals surface area contributed by atoms with Crippen LogP contribution in [0.2, 0.25) is 0 Å². The first-order valence-electron chi connectivity index (χ1n) is 18.2. The van der Waals surface area contributed by atoms with Gasteiger partial charge in [-0.3, -0.25) is 72.3 Å². The number of carbonyl (C=O) groups is 11. The maximum Gasteiger partial charge on any atom is 0.253 e. The van der Waals surface area contributed by atoms with Gasteiger partial charge in [0.05, 0.1) is 18.6 Å². The topological polar surface area (TPSA) is 248 Å². The molecule has 19 heteroatoms. The van der Waals surface area contributed by atoms with Crippen molar-refractivity contribution in [3.05, 3.63) is 36.5 Å². The molecular formula is C36H45N7O12. The van der Waals surface area contributed by atoms with E-state index >= 15 is 0 Å².